The van der Waals surface area contributed by atoms with E-state index in [0.717, 1.165) is 12.2 Å². The molecule has 1 aromatic heterocycles. The predicted octanol–water partition coefficient (Wildman–Crippen LogP) is 1.03. The molecule has 1 rings (SSSR count). The molecule has 0 aliphatic carbocycles. The molecule has 0 saturated carbocycles. The monoisotopic (exact) mass is 194 g/mol. The van der Waals surface area contributed by atoms with Crippen LogP contribution in [0.2, 0.25) is 0 Å². The number of H-pyrrole nitrogens is 1. The minimum absolute atomic E-state index is 0.349. The van der Waals surface area contributed by atoms with Crippen molar-refractivity contribution in [2.24, 2.45) is 0 Å². The molecule has 0 bridgehead atoms. The van der Waals surface area contributed by atoms with Gasteiger partial charge in [-0.2, -0.15) is 0 Å². The van der Waals surface area contributed by atoms with Gasteiger partial charge >= 0.3 is 5.97 Å². The average molecular weight is 194 g/mol. The van der Waals surface area contributed by atoms with Crippen LogP contribution >= 0.6 is 0 Å². The van der Waals surface area contributed by atoms with Crippen LogP contribution in [-0.2, 0) is 4.74 Å². The number of carbonyl (C=O) groups excluding carboxylic acids is 1. The number of nitrogens with one attached hydrogen (secondary N) is 2. The first-order valence-electron chi connectivity index (χ1n) is 4.36. The van der Waals surface area contributed by atoms with E-state index in [0.29, 0.717) is 5.69 Å². The smallest absolute Gasteiger partial charge is 0.354 e. The van der Waals surface area contributed by atoms with Crippen LogP contribution in [0.5, 0.6) is 0 Å². The van der Waals surface area contributed by atoms with Crippen LogP contribution in [0.25, 0.3) is 6.08 Å². The molecule has 0 aliphatic heterocycles. The Hall–Kier alpha value is -1.55. The number of ether oxygens (including phenoxy) is 1. The molecule has 0 radical (unpaired) electrons. The van der Waals surface area contributed by atoms with Crippen molar-refractivity contribution in [3.63, 3.8) is 0 Å². The van der Waals surface area contributed by atoms with Crippen molar-refractivity contribution in [3.05, 3.63) is 29.6 Å². The largest absolute Gasteiger partial charge is 0.464 e. The Morgan fingerprint density at radius 1 is 1.64 bits per heavy atom. The lowest BCUT2D eigenvalue weighted by atomic mass is 10.4. The summed E-state index contributed by atoms with van der Waals surface area (Å²) in [6.45, 7) is 0.798. The fourth-order valence-electron chi connectivity index (χ4n) is 1.04. The summed E-state index contributed by atoms with van der Waals surface area (Å²) in [5, 5.41) is 2.99. The number of rotatable bonds is 4. The lowest BCUT2D eigenvalue weighted by Gasteiger charge is -1.93. The van der Waals surface area contributed by atoms with E-state index in [4.69, 9.17) is 0 Å². The van der Waals surface area contributed by atoms with Crippen LogP contribution in [0, 0.1) is 0 Å². The molecule has 0 amide bonds. The molecule has 1 heterocycles. The summed E-state index contributed by atoms with van der Waals surface area (Å²) in [4.78, 5) is 14.0. The van der Waals surface area contributed by atoms with E-state index >= 15 is 0 Å². The molecule has 0 spiro atoms. The summed E-state index contributed by atoms with van der Waals surface area (Å²) in [5.41, 5.74) is 1.36. The number of carbonyl (C=O) groups is 1. The number of aromatic amines is 1. The van der Waals surface area contributed by atoms with Crippen LogP contribution < -0.4 is 5.32 Å². The second-order valence-electron chi connectivity index (χ2n) is 2.78. The van der Waals surface area contributed by atoms with Crippen LogP contribution in [-0.4, -0.2) is 31.7 Å². The summed E-state index contributed by atoms with van der Waals surface area (Å²) in [7, 11) is 3.23. The zero-order valence-corrected chi connectivity index (χ0v) is 8.33. The van der Waals surface area contributed by atoms with Gasteiger partial charge < -0.3 is 15.0 Å². The van der Waals surface area contributed by atoms with Crippen molar-refractivity contribution in [1.82, 2.24) is 10.3 Å². The summed E-state index contributed by atoms with van der Waals surface area (Å²) in [5.74, 6) is -0.349. The van der Waals surface area contributed by atoms with E-state index in [1.165, 1.54) is 7.11 Å². The van der Waals surface area contributed by atoms with Crippen LogP contribution in [0.1, 0.15) is 16.2 Å². The molecule has 0 atom stereocenters. The Bertz CT molecular complexity index is 329. The molecule has 0 aliphatic rings. The lowest BCUT2D eigenvalue weighted by Crippen LogP contribution is -2.03. The van der Waals surface area contributed by atoms with E-state index in [9.17, 15) is 4.79 Å². The quantitative estimate of drug-likeness (QED) is 0.704. The molecule has 0 aromatic carbocycles. The Labute approximate surface area is 83.0 Å². The van der Waals surface area contributed by atoms with Crippen molar-refractivity contribution in [2.45, 2.75) is 0 Å². The first kappa shape index (κ1) is 10.5. The van der Waals surface area contributed by atoms with E-state index in [1.807, 2.05) is 25.3 Å². The summed E-state index contributed by atoms with van der Waals surface area (Å²) >= 11 is 0. The zero-order chi connectivity index (χ0) is 10.4. The third-order valence-electron chi connectivity index (χ3n) is 1.73. The first-order chi connectivity index (χ1) is 6.77. The highest BCUT2D eigenvalue weighted by Gasteiger charge is 2.05. The van der Waals surface area contributed by atoms with Crippen molar-refractivity contribution in [2.75, 3.05) is 20.7 Å². The highest BCUT2D eigenvalue weighted by Crippen LogP contribution is 2.04. The van der Waals surface area contributed by atoms with Gasteiger partial charge in [0.15, 0.2) is 0 Å². The molecule has 4 nitrogen and oxygen atoms in total. The Morgan fingerprint density at radius 2 is 2.43 bits per heavy atom. The average Bonchev–Trinajstić information content (AvgIpc) is 2.66. The minimum Gasteiger partial charge on any atom is -0.464 e. The van der Waals surface area contributed by atoms with Gasteiger partial charge in [-0.25, -0.2) is 4.79 Å². The van der Waals surface area contributed by atoms with Gasteiger partial charge in [-0.05, 0) is 25.3 Å². The Balaban J connectivity index is 2.63. The van der Waals surface area contributed by atoms with Gasteiger partial charge in [0.25, 0.3) is 0 Å². The van der Waals surface area contributed by atoms with Crippen molar-refractivity contribution in [1.29, 1.82) is 0 Å². The number of aromatic nitrogens is 1. The van der Waals surface area contributed by atoms with Gasteiger partial charge in [-0.1, -0.05) is 6.08 Å². The predicted molar refractivity (Wildman–Crippen MR) is 55.1 cm³/mol. The van der Waals surface area contributed by atoms with Crippen LogP contribution in [0.3, 0.4) is 0 Å². The van der Waals surface area contributed by atoms with Crippen LogP contribution in [0.15, 0.2) is 18.2 Å². The molecule has 76 valence electrons. The maximum absolute atomic E-state index is 11.1. The van der Waals surface area contributed by atoms with E-state index in [2.05, 4.69) is 15.0 Å². The molecule has 0 saturated heterocycles. The highest BCUT2D eigenvalue weighted by atomic mass is 16.5. The van der Waals surface area contributed by atoms with Crippen molar-refractivity contribution in [3.8, 4) is 0 Å². The minimum atomic E-state index is -0.349. The SMILES string of the molecule is CNCC=Cc1ccc(C(=O)OC)[nH]1. The molecular formula is C10H14N2O2. The van der Waals surface area contributed by atoms with E-state index < -0.39 is 0 Å². The van der Waals surface area contributed by atoms with Gasteiger partial charge in [-0.3, -0.25) is 0 Å². The maximum atomic E-state index is 11.1. The maximum Gasteiger partial charge on any atom is 0.354 e. The number of hydrogen-bond donors (Lipinski definition) is 2. The second-order valence-corrected chi connectivity index (χ2v) is 2.78. The Kier molecular flexibility index (Phi) is 3.94. The van der Waals surface area contributed by atoms with E-state index in [1.54, 1.807) is 6.07 Å². The molecular weight excluding hydrogens is 180 g/mol. The fourth-order valence-corrected chi connectivity index (χ4v) is 1.04. The molecule has 2 N–H and O–H groups in total. The summed E-state index contributed by atoms with van der Waals surface area (Å²) in [6.07, 6.45) is 3.87. The van der Waals surface area contributed by atoms with Gasteiger partial charge in [-0.15, -0.1) is 0 Å². The molecule has 0 fully saturated rings. The van der Waals surface area contributed by atoms with Crippen molar-refractivity contribution >= 4 is 12.0 Å². The molecule has 1 aromatic rings. The molecule has 0 unspecified atom stereocenters. The van der Waals surface area contributed by atoms with Gasteiger partial charge in [0.05, 0.1) is 7.11 Å². The number of likely N-dealkylation sites (N-methyl/N-ethyl adjacent to an activating group) is 1. The van der Waals surface area contributed by atoms with Crippen molar-refractivity contribution < 1.29 is 9.53 Å². The van der Waals surface area contributed by atoms with Gasteiger partial charge in [0.1, 0.15) is 5.69 Å². The summed E-state index contributed by atoms with van der Waals surface area (Å²) in [6, 6.07) is 3.53. The number of methoxy groups -OCH3 is 1. The van der Waals surface area contributed by atoms with Gasteiger partial charge in [0.2, 0.25) is 0 Å². The highest BCUT2D eigenvalue weighted by molar-refractivity contribution is 5.87. The fraction of sp³-hybridized carbons (Fsp3) is 0.300. The normalized spacial score (nSPS) is 10.7. The third-order valence-corrected chi connectivity index (χ3v) is 1.73. The Morgan fingerprint density at radius 3 is 3.07 bits per heavy atom. The van der Waals surface area contributed by atoms with Gasteiger partial charge in [0, 0.05) is 12.2 Å². The second kappa shape index (κ2) is 5.24. The molecule has 4 heteroatoms. The first-order valence-corrected chi connectivity index (χ1v) is 4.36. The third kappa shape index (κ3) is 2.74. The van der Waals surface area contributed by atoms with E-state index in [-0.39, 0.29) is 5.97 Å². The van der Waals surface area contributed by atoms with Crippen LogP contribution in [0.4, 0.5) is 0 Å². The number of esters is 1. The number of hydrogen-bond acceptors (Lipinski definition) is 3. The topological polar surface area (TPSA) is 54.1 Å². The summed E-state index contributed by atoms with van der Waals surface area (Å²) < 4.78 is 4.57. The zero-order valence-electron chi connectivity index (χ0n) is 8.33. The standard InChI is InChI=1S/C10H14N2O2/c1-11-7-3-4-8-5-6-9(12-8)10(13)14-2/h3-6,11-12H,7H2,1-2H3. The lowest BCUT2D eigenvalue weighted by molar-refractivity contribution is 0.0595. The molecule has 14 heavy (non-hydrogen) atoms.